The Bertz CT molecular complexity index is 1710. The van der Waals surface area contributed by atoms with Crippen molar-refractivity contribution in [3.8, 4) is 17.5 Å². The van der Waals surface area contributed by atoms with Crippen LogP contribution in [0.2, 0.25) is 0 Å². The zero-order valence-electron chi connectivity index (χ0n) is 22.7. The molecule has 0 fully saturated rings. The summed E-state index contributed by atoms with van der Waals surface area (Å²) in [7, 11) is 0. The molecule has 0 saturated carbocycles. The van der Waals surface area contributed by atoms with Gasteiger partial charge in [-0.1, -0.05) is 11.6 Å². The van der Waals surface area contributed by atoms with Gasteiger partial charge in [0.2, 0.25) is 0 Å². The largest absolute Gasteiger partial charge is 0.347 e. The average Bonchev–Trinajstić information content (AvgIpc) is 2.97. The summed E-state index contributed by atoms with van der Waals surface area (Å²) < 4.78 is 13.6. The molecule has 0 aliphatic heterocycles. The van der Waals surface area contributed by atoms with E-state index in [0.717, 1.165) is 17.5 Å². The van der Waals surface area contributed by atoms with Crippen LogP contribution in [0.15, 0.2) is 77.8 Å². The number of nitrogens with one attached hydrogen (secondary N) is 2. The Labute approximate surface area is 236 Å². The highest BCUT2D eigenvalue weighted by atomic mass is 19.1. The highest BCUT2D eigenvalue weighted by Gasteiger charge is 2.11. The lowest BCUT2D eigenvalue weighted by atomic mass is 10.1. The predicted octanol–water partition coefficient (Wildman–Crippen LogP) is 5.12. The van der Waals surface area contributed by atoms with Crippen molar-refractivity contribution in [1.29, 1.82) is 5.26 Å². The Morgan fingerprint density at radius 3 is 2.66 bits per heavy atom. The van der Waals surface area contributed by atoms with E-state index < -0.39 is 5.82 Å². The van der Waals surface area contributed by atoms with E-state index in [-0.39, 0.29) is 18.1 Å². The predicted molar refractivity (Wildman–Crippen MR) is 155 cm³/mol. The quantitative estimate of drug-likeness (QED) is 0.217. The summed E-state index contributed by atoms with van der Waals surface area (Å²) in [5, 5.41) is 15.1. The fourth-order valence-corrected chi connectivity index (χ4v) is 3.72. The second-order valence-corrected chi connectivity index (χ2v) is 9.04. The molecule has 11 heteroatoms. The van der Waals surface area contributed by atoms with Gasteiger partial charge in [0.1, 0.15) is 23.4 Å². The molecule has 0 aromatic carbocycles. The van der Waals surface area contributed by atoms with Crippen LogP contribution in [0.3, 0.4) is 0 Å². The van der Waals surface area contributed by atoms with Gasteiger partial charge >= 0.3 is 0 Å². The number of carbonyl (C=O) groups is 1. The highest BCUT2D eigenvalue weighted by molar-refractivity contribution is 5.92. The van der Waals surface area contributed by atoms with Crippen LogP contribution in [0.4, 0.5) is 15.9 Å². The van der Waals surface area contributed by atoms with Gasteiger partial charge in [0, 0.05) is 47.5 Å². The fraction of sp³-hybridized carbons (Fsp3) is 0.133. The molecule has 0 saturated heterocycles. The van der Waals surface area contributed by atoms with Crippen LogP contribution >= 0.6 is 0 Å². The van der Waals surface area contributed by atoms with Crippen molar-refractivity contribution in [1.82, 2.24) is 30.2 Å². The molecule has 0 bridgehead atoms. The Hall–Kier alpha value is -5.63. The van der Waals surface area contributed by atoms with Crippen molar-refractivity contribution < 1.29 is 9.18 Å². The minimum atomic E-state index is -0.461. The number of allylic oxidation sites excluding steroid dienone is 2. The first kappa shape index (κ1) is 28.4. The maximum Gasteiger partial charge on any atom is 0.270 e. The topological polar surface area (TPSA) is 142 Å². The standard InChI is InChI=1S/C30H26FN9O/c1-18(5-7-26(33-4)25-11-23(31)16-35-20(25)3)13-37-30(41)27-8-6-22(15-36-27)29-38-19(2)9-28(40-29)39-24-10-21(12-32)14-34-17-24/h5-11,14-17H,4,13H2,1-3H3,(H,37,41)(H,38,39,40)/b18-5+,26-7-. The molecule has 0 unspecified atom stereocenters. The zero-order valence-corrected chi connectivity index (χ0v) is 22.7. The van der Waals surface area contributed by atoms with Crippen LogP contribution in [0, 0.1) is 31.0 Å². The van der Waals surface area contributed by atoms with Crippen LogP contribution in [-0.2, 0) is 0 Å². The number of hydrogen-bond donors (Lipinski definition) is 2. The molecule has 0 radical (unpaired) electrons. The molecule has 4 aromatic rings. The van der Waals surface area contributed by atoms with Gasteiger partial charge in [0.05, 0.1) is 29.3 Å². The van der Waals surface area contributed by atoms with E-state index in [1.54, 1.807) is 49.5 Å². The van der Waals surface area contributed by atoms with Gasteiger partial charge in [-0.2, -0.15) is 5.26 Å². The van der Waals surface area contributed by atoms with Crippen LogP contribution in [0.5, 0.6) is 0 Å². The molecule has 1 amide bonds. The van der Waals surface area contributed by atoms with Crippen molar-refractivity contribution in [3.63, 3.8) is 0 Å². The van der Waals surface area contributed by atoms with Gasteiger partial charge in [-0.3, -0.25) is 24.7 Å². The van der Waals surface area contributed by atoms with E-state index in [1.807, 2.05) is 13.8 Å². The number of aromatic nitrogens is 5. The van der Waals surface area contributed by atoms with E-state index in [0.29, 0.717) is 45.4 Å². The molecule has 10 nitrogen and oxygen atoms in total. The number of nitriles is 1. The smallest absolute Gasteiger partial charge is 0.270 e. The van der Waals surface area contributed by atoms with Gasteiger partial charge in [-0.05, 0) is 57.8 Å². The number of hydrogen-bond acceptors (Lipinski definition) is 9. The van der Waals surface area contributed by atoms with Crippen LogP contribution in [0.25, 0.3) is 17.1 Å². The van der Waals surface area contributed by atoms with E-state index in [4.69, 9.17) is 5.26 Å². The van der Waals surface area contributed by atoms with Crippen molar-refractivity contribution >= 4 is 29.8 Å². The van der Waals surface area contributed by atoms with Crippen molar-refractivity contribution in [3.05, 3.63) is 107 Å². The Balaban J connectivity index is 1.41. The van der Waals surface area contributed by atoms with Crippen molar-refractivity contribution in [2.24, 2.45) is 4.99 Å². The molecule has 4 rings (SSSR count). The molecule has 0 aliphatic carbocycles. The van der Waals surface area contributed by atoms with Gasteiger partial charge in [0.15, 0.2) is 5.82 Å². The molecular weight excluding hydrogens is 521 g/mol. The Morgan fingerprint density at radius 2 is 1.93 bits per heavy atom. The average molecular weight is 548 g/mol. The third kappa shape index (κ3) is 7.48. The van der Waals surface area contributed by atoms with Crippen molar-refractivity contribution in [2.75, 3.05) is 11.9 Å². The lowest BCUT2D eigenvalue weighted by Gasteiger charge is -2.09. The van der Waals surface area contributed by atoms with Gasteiger partial charge in [0.25, 0.3) is 5.91 Å². The highest BCUT2D eigenvalue weighted by Crippen LogP contribution is 2.21. The summed E-state index contributed by atoms with van der Waals surface area (Å²) >= 11 is 0. The summed E-state index contributed by atoms with van der Waals surface area (Å²) in [4.78, 5) is 38.0. The first-order chi connectivity index (χ1) is 19.7. The molecule has 0 spiro atoms. The molecule has 0 atom stereocenters. The lowest BCUT2D eigenvalue weighted by molar-refractivity contribution is 0.0952. The molecular formula is C30H26FN9O. The van der Waals surface area contributed by atoms with Crippen LogP contribution in [0.1, 0.15) is 39.9 Å². The fourth-order valence-electron chi connectivity index (χ4n) is 3.72. The first-order valence-electron chi connectivity index (χ1n) is 12.4. The summed E-state index contributed by atoms with van der Waals surface area (Å²) in [5.74, 6) is 0.147. The molecule has 204 valence electrons. The maximum atomic E-state index is 13.6. The van der Waals surface area contributed by atoms with Crippen LogP contribution in [-0.4, -0.2) is 44.1 Å². The number of carbonyl (C=O) groups excluding carboxylic acids is 1. The molecule has 4 aromatic heterocycles. The van der Waals surface area contributed by atoms with Gasteiger partial charge < -0.3 is 10.6 Å². The number of halogens is 1. The third-order valence-electron chi connectivity index (χ3n) is 5.80. The Morgan fingerprint density at radius 1 is 1.10 bits per heavy atom. The van der Waals surface area contributed by atoms with Crippen LogP contribution < -0.4 is 10.6 Å². The van der Waals surface area contributed by atoms with E-state index in [1.165, 1.54) is 18.5 Å². The van der Waals surface area contributed by atoms with Crippen molar-refractivity contribution in [2.45, 2.75) is 20.8 Å². The zero-order chi connectivity index (χ0) is 29.4. The summed E-state index contributed by atoms with van der Waals surface area (Å²) in [6.45, 7) is 9.27. The monoisotopic (exact) mass is 547 g/mol. The molecule has 2 N–H and O–H groups in total. The summed E-state index contributed by atoms with van der Waals surface area (Å²) in [6, 6.07) is 10.2. The second-order valence-electron chi connectivity index (χ2n) is 9.04. The van der Waals surface area contributed by atoms with Gasteiger partial charge in [-0.25, -0.2) is 14.4 Å². The SMILES string of the molecule is C=N/C(=C\C=C(/C)CNC(=O)c1ccc(-c2nc(C)cc(Nc3cncc(C#N)c3)n2)cn1)c1cc(F)cnc1C. The van der Waals surface area contributed by atoms with E-state index >= 15 is 0 Å². The number of nitrogens with zero attached hydrogens (tertiary/aromatic N) is 7. The number of amides is 1. The number of aryl methyl sites for hydroxylation is 2. The van der Waals surface area contributed by atoms with E-state index in [2.05, 4.69) is 53.3 Å². The lowest BCUT2D eigenvalue weighted by Crippen LogP contribution is -2.25. The summed E-state index contributed by atoms with van der Waals surface area (Å²) in [6.07, 6.45) is 9.23. The Kier molecular flexibility index (Phi) is 8.96. The third-order valence-corrected chi connectivity index (χ3v) is 5.80. The number of aliphatic imine (C=N–C) groups is 1. The summed E-state index contributed by atoms with van der Waals surface area (Å²) in [5.41, 5.74) is 5.12. The van der Waals surface area contributed by atoms with Gasteiger partial charge in [-0.15, -0.1) is 0 Å². The first-order valence-corrected chi connectivity index (χ1v) is 12.4. The number of rotatable bonds is 9. The number of anilines is 2. The second kappa shape index (κ2) is 12.9. The maximum absolute atomic E-state index is 13.6. The molecule has 4 heterocycles. The molecule has 0 aliphatic rings. The minimum absolute atomic E-state index is 0.234. The molecule has 41 heavy (non-hydrogen) atoms. The normalized spacial score (nSPS) is 11.5. The number of pyridine rings is 3. The van der Waals surface area contributed by atoms with E-state index in [9.17, 15) is 9.18 Å². The minimum Gasteiger partial charge on any atom is -0.347 e.